The molecule has 0 unspecified atom stereocenters. The predicted octanol–water partition coefficient (Wildman–Crippen LogP) is 9.41. The van der Waals surface area contributed by atoms with E-state index in [0.29, 0.717) is 40.5 Å². The summed E-state index contributed by atoms with van der Waals surface area (Å²) in [6, 6.07) is 19.5. The number of aromatic amines is 1. The number of allylic oxidation sites excluding steroid dienone is 1. The van der Waals surface area contributed by atoms with E-state index in [0.717, 1.165) is 51.0 Å². The molecule has 3 aliphatic rings. The number of nitro benzene ring substituents is 1. The molecule has 2 saturated heterocycles. The van der Waals surface area contributed by atoms with E-state index < -0.39 is 37.1 Å². The molecule has 1 aromatic heterocycles. The monoisotopic (exact) mass is 919 g/mol. The maximum Gasteiger partial charge on any atom is 0.293 e. The molecule has 4 aromatic carbocycles. The highest BCUT2D eigenvalue weighted by atomic mass is 35.5. The van der Waals surface area contributed by atoms with Gasteiger partial charge in [0.05, 0.1) is 43.2 Å². The first kappa shape index (κ1) is 44.4. The van der Waals surface area contributed by atoms with E-state index in [-0.39, 0.29) is 60.0 Å². The molecule has 3 N–H and O–H groups in total. The summed E-state index contributed by atoms with van der Waals surface area (Å²) in [7, 11) is -4.70. The van der Waals surface area contributed by atoms with Crippen molar-refractivity contribution >= 4 is 72.7 Å². The van der Waals surface area contributed by atoms with Crippen molar-refractivity contribution in [2.45, 2.75) is 56.5 Å². The van der Waals surface area contributed by atoms with Crippen molar-refractivity contribution in [2.75, 3.05) is 62.7 Å². The second-order valence-electron chi connectivity index (χ2n) is 17.2. The van der Waals surface area contributed by atoms with Crippen LogP contribution in [-0.2, 0) is 14.8 Å². The van der Waals surface area contributed by atoms with Gasteiger partial charge in [-0.05, 0) is 78.3 Å². The summed E-state index contributed by atoms with van der Waals surface area (Å²) in [5, 5.41) is 23.4. The molecule has 0 saturated carbocycles. The van der Waals surface area contributed by atoms with E-state index >= 15 is 4.39 Å². The molecule has 332 valence electrons. The number of carbonyl (C=O) groups excluding carboxylic acids is 1. The van der Waals surface area contributed by atoms with Gasteiger partial charge in [-0.2, -0.15) is 5.10 Å². The number of sulfonamides is 1. The van der Waals surface area contributed by atoms with E-state index in [1.807, 2.05) is 22.9 Å². The standard InChI is InChI=1S/C45H48Cl2FN7O7S/c1-44(2)13-12-30(34(25-44)29-6-8-31(46)9-7-29)27-53-16-18-54(19-17-53)39-24-42(62-41-5-3-4-37-35(41)26-50-51-37)33(23-36(39)47)43(56)52-63(59,60)32-10-11-38(40(22-32)55(57)58)49-28-45(48)14-20-61-21-15-45/h3-11,22-24,26,49H,12-21,25,27-28H2,1-2H3,(H,50,51)(H,52,56). The first-order valence-corrected chi connectivity index (χ1v) is 23.0. The van der Waals surface area contributed by atoms with Gasteiger partial charge >= 0.3 is 0 Å². The van der Waals surface area contributed by atoms with Crippen molar-refractivity contribution in [3.63, 3.8) is 0 Å². The van der Waals surface area contributed by atoms with Crippen LogP contribution >= 0.6 is 23.2 Å². The number of hydrogen-bond donors (Lipinski definition) is 3. The highest BCUT2D eigenvalue weighted by Gasteiger charge is 2.34. The van der Waals surface area contributed by atoms with Gasteiger partial charge < -0.3 is 19.7 Å². The molecule has 0 spiro atoms. The fraction of sp³-hybridized carbons (Fsp3) is 0.378. The minimum atomic E-state index is -4.70. The molecule has 0 radical (unpaired) electrons. The molecule has 14 nitrogen and oxygen atoms in total. The van der Waals surface area contributed by atoms with Crippen molar-refractivity contribution in [2.24, 2.45) is 5.41 Å². The van der Waals surface area contributed by atoms with Crippen LogP contribution in [0.25, 0.3) is 16.5 Å². The molecule has 1 aliphatic carbocycles. The number of aromatic nitrogens is 2. The van der Waals surface area contributed by atoms with Crippen molar-refractivity contribution in [3.8, 4) is 11.5 Å². The van der Waals surface area contributed by atoms with E-state index in [9.17, 15) is 23.3 Å². The van der Waals surface area contributed by atoms with Crippen molar-refractivity contribution in [3.05, 3.63) is 116 Å². The Kier molecular flexibility index (Phi) is 12.7. The lowest BCUT2D eigenvalue weighted by Crippen LogP contribution is -2.47. The number of nitrogens with one attached hydrogen (secondary N) is 3. The Bertz CT molecular complexity index is 2680. The molecule has 0 atom stereocenters. The van der Waals surface area contributed by atoms with Crippen molar-refractivity contribution < 1.29 is 32.0 Å². The van der Waals surface area contributed by atoms with Gasteiger partial charge in [-0.3, -0.25) is 24.9 Å². The lowest BCUT2D eigenvalue weighted by molar-refractivity contribution is -0.384. The molecule has 5 aromatic rings. The van der Waals surface area contributed by atoms with Crippen LogP contribution in [0.2, 0.25) is 10.0 Å². The number of piperazine rings is 1. The molecule has 18 heteroatoms. The molecule has 2 fully saturated rings. The number of nitrogens with zero attached hydrogens (tertiary/aromatic N) is 4. The number of halogens is 3. The maximum atomic E-state index is 15.2. The van der Waals surface area contributed by atoms with Gasteiger partial charge in [0.15, 0.2) is 0 Å². The minimum Gasteiger partial charge on any atom is -0.456 e. The van der Waals surface area contributed by atoms with Gasteiger partial charge in [0, 0.05) is 82.5 Å². The number of H-pyrrole nitrogens is 1. The first-order chi connectivity index (χ1) is 30.1. The van der Waals surface area contributed by atoms with Crippen LogP contribution in [-0.4, -0.2) is 92.5 Å². The molecular formula is C45H48Cl2FN7O7S. The van der Waals surface area contributed by atoms with Crippen LogP contribution in [0.4, 0.5) is 21.5 Å². The minimum absolute atomic E-state index is 0.0274. The third-order valence-corrected chi connectivity index (χ3v) is 14.0. The highest BCUT2D eigenvalue weighted by Crippen LogP contribution is 2.44. The molecule has 63 heavy (non-hydrogen) atoms. The largest absolute Gasteiger partial charge is 0.456 e. The third kappa shape index (κ3) is 10.1. The Balaban J connectivity index is 1.03. The van der Waals surface area contributed by atoms with Crippen LogP contribution in [0.1, 0.15) is 61.9 Å². The number of nitro groups is 1. The zero-order chi connectivity index (χ0) is 44.5. The quantitative estimate of drug-likeness (QED) is 0.0759. The maximum absolute atomic E-state index is 15.2. The average molecular weight is 921 g/mol. The average Bonchev–Trinajstić information content (AvgIpc) is 3.75. The van der Waals surface area contributed by atoms with E-state index in [2.05, 4.69) is 51.3 Å². The van der Waals surface area contributed by atoms with Crippen LogP contribution in [0.3, 0.4) is 0 Å². The first-order valence-electron chi connectivity index (χ1n) is 20.8. The summed E-state index contributed by atoms with van der Waals surface area (Å²) in [5.74, 6) is -0.697. The number of hydrogen-bond acceptors (Lipinski definition) is 11. The second kappa shape index (κ2) is 18.1. The van der Waals surface area contributed by atoms with Crippen LogP contribution in [0.15, 0.2) is 89.5 Å². The van der Waals surface area contributed by atoms with Gasteiger partial charge in [-0.15, -0.1) is 0 Å². The van der Waals surface area contributed by atoms with Crippen molar-refractivity contribution in [1.29, 1.82) is 0 Å². The summed E-state index contributed by atoms with van der Waals surface area (Å²) in [5.41, 5.74) is 2.97. The van der Waals surface area contributed by atoms with Crippen LogP contribution in [0, 0.1) is 15.5 Å². The molecule has 1 amide bonds. The Labute approximate surface area is 374 Å². The van der Waals surface area contributed by atoms with Crippen LogP contribution < -0.4 is 19.7 Å². The summed E-state index contributed by atoms with van der Waals surface area (Å²) < 4.78 is 56.4. The Morgan fingerprint density at radius 1 is 1.00 bits per heavy atom. The van der Waals surface area contributed by atoms with Gasteiger partial charge in [-0.1, -0.05) is 60.8 Å². The molecule has 2 aliphatic heterocycles. The molecule has 8 rings (SSSR count). The van der Waals surface area contributed by atoms with Crippen molar-refractivity contribution in [1.82, 2.24) is 19.8 Å². The fourth-order valence-electron chi connectivity index (χ4n) is 8.46. The lowest BCUT2D eigenvalue weighted by Gasteiger charge is -2.39. The number of benzene rings is 4. The fourth-order valence-corrected chi connectivity index (χ4v) is 9.85. The molecule has 0 bridgehead atoms. The Morgan fingerprint density at radius 2 is 1.75 bits per heavy atom. The number of ether oxygens (including phenoxy) is 2. The predicted molar refractivity (Wildman–Crippen MR) is 242 cm³/mol. The second-order valence-corrected chi connectivity index (χ2v) is 19.7. The van der Waals surface area contributed by atoms with Gasteiger partial charge in [0.2, 0.25) is 0 Å². The zero-order valence-corrected chi connectivity index (χ0v) is 37.2. The highest BCUT2D eigenvalue weighted by molar-refractivity contribution is 7.90. The topological polar surface area (TPSA) is 172 Å². The SMILES string of the molecule is CC1(C)CCC(CN2CCN(c3cc(Oc4cccc5[nH]ncc45)c(C(=O)NS(=O)(=O)c4ccc(NCC5(F)CCOCC5)c([N+](=O)[O-])c4)cc3Cl)CC2)=C(c2ccc(Cl)cc2)C1. The van der Waals surface area contributed by atoms with Crippen LogP contribution in [0.5, 0.6) is 11.5 Å². The number of anilines is 2. The Morgan fingerprint density at radius 3 is 2.48 bits per heavy atom. The number of fused-ring (bicyclic) bond motifs is 1. The zero-order valence-electron chi connectivity index (χ0n) is 34.9. The number of carbonyl (C=O) groups is 1. The van der Waals surface area contributed by atoms with Gasteiger partial charge in [-0.25, -0.2) is 17.5 Å². The summed E-state index contributed by atoms with van der Waals surface area (Å²) in [6.07, 6.45) is 4.90. The lowest BCUT2D eigenvalue weighted by atomic mass is 9.72. The smallest absolute Gasteiger partial charge is 0.293 e. The number of amides is 1. The van der Waals surface area contributed by atoms with E-state index in [1.54, 1.807) is 24.4 Å². The Hall–Kier alpha value is -5.26. The number of rotatable bonds is 13. The van der Waals surface area contributed by atoms with Gasteiger partial charge in [0.1, 0.15) is 22.9 Å². The summed E-state index contributed by atoms with van der Waals surface area (Å²) >= 11 is 13.2. The van der Waals surface area contributed by atoms with Gasteiger partial charge in [0.25, 0.3) is 21.6 Å². The third-order valence-electron chi connectivity index (χ3n) is 12.2. The normalized spacial score (nSPS) is 18.0. The van der Waals surface area contributed by atoms with E-state index in [1.165, 1.54) is 28.8 Å². The molecule has 3 heterocycles. The molecular weight excluding hydrogens is 873 g/mol. The summed E-state index contributed by atoms with van der Waals surface area (Å²) in [6.45, 7) is 8.40. The van der Waals surface area contributed by atoms with E-state index in [4.69, 9.17) is 32.7 Å². The summed E-state index contributed by atoms with van der Waals surface area (Å²) in [4.78, 5) is 29.4. The number of alkyl halides is 1.